The van der Waals surface area contributed by atoms with Crippen LogP contribution >= 0.6 is 0 Å². The Morgan fingerprint density at radius 3 is 2.58 bits per heavy atom. The predicted molar refractivity (Wildman–Crippen MR) is 51.3 cm³/mol. The van der Waals surface area contributed by atoms with Gasteiger partial charge in [0.2, 0.25) is 0 Å². The maximum absolute atomic E-state index is 5.83. The van der Waals surface area contributed by atoms with Gasteiger partial charge in [0.15, 0.2) is 0 Å². The summed E-state index contributed by atoms with van der Waals surface area (Å²) in [5.41, 5.74) is 0.0748. The predicted octanol–water partition coefficient (Wildman–Crippen LogP) is 1.80. The average molecular weight is 171 g/mol. The van der Waals surface area contributed by atoms with E-state index in [9.17, 15) is 0 Å². The Hall–Kier alpha value is -0.0800. The lowest BCUT2D eigenvalue weighted by Gasteiger charge is -2.39. The van der Waals surface area contributed by atoms with E-state index < -0.39 is 0 Å². The number of rotatable bonds is 2. The molecule has 12 heavy (non-hydrogen) atoms. The number of ether oxygens (including phenoxy) is 1. The minimum atomic E-state index is 0.0748. The summed E-state index contributed by atoms with van der Waals surface area (Å²) in [6.07, 6.45) is 1.09. The fourth-order valence-electron chi connectivity index (χ4n) is 1.40. The van der Waals surface area contributed by atoms with Crippen molar-refractivity contribution in [1.29, 1.82) is 0 Å². The van der Waals surface area contributed by atoms with E-state index in [1.807, 2.05) is 0 Å². The molecule has 2 nitrogen and oxygen atoms in total. The van der Waals surface area contributed by atoms with Crippen LogP contribution in [0.3, 0.4) is 0 Å². The van der Waals surface area contributed by atoms with Crippen LogP contribution in [0.15, 0.2) is 0 Å². The summed E-state index contributed by atoms with van der Waals surface area (Å²) in [6, 6.07) is 0.546. The molecule has 0 spiro atoms. The SMILES string of the molecule is CCC1(C)CNC(C(C)C)CO1. The van der Waals surface area contributed by atoms with Gasteiger partial charge < -0.3 is 10.1 Å². The fourth-order valence-corrected chi connectivity index (χ4v) is 1.40. The molecule has 1 N–H and O–H groups in total. The molecule has 1 aliphatic heterocycles. The van der Waals surface area contributed by atoms with Crippen molar-refractivity contribution < 1.29 is 4.74 Å². The van der Waals surface area contributed by atoms with Gasteiger partial charge in [-0.2, -0.15) is 0 Å². The fraction of sp³-hybridized carbons (Fsp3) is 1.00. The molecule has 2 heteroatoms. The van der Waals surface area contributed by atoms with Crippen molar-refractivity contribution in [2.45, 2.75) is 45.8 Å². The monoisotopic (exact) mass is 171 g/mol. The average Bonchev–Trinajstić information content (AvgIpc) is 2.05. The van der Waals surface area contributed by atoms with Crippen molar-refractivity contribution >= 4 is 0 Å². The van der Waals surface area contributed by atoms with Gasteiger partial charge in [-0.25, -0.2) is 0 Å². The number of nitrogens with one attached hydrogen (secondary N) is 1. The van der Waals surface area contributed by atoms with Gasteiger partial charge in [-0.3, -0.25) is 0 Å². The van der Waals surface area contributed by atoms with Crippen molar-refractivity contribution in [3.63, 3.8) is 0 Å². The van der Waals surface area contributed by atoms with Crippen LogP contribution < -0.4 is 5.32 Å². The molecule has 0 bridgehead atoms. The van der Waals surface area contributed by atoms with E-state index in [4.69, 9.17) is 4.74 Å². The van der Waals surface area contributed by atoms with Gasteiger partial charge in [0.05, 0.1) is 12.2 Å². The molecule has 0 aromatic heterocycles. The van der Waals surface area contributed by atoms with Gasteiger partial charge in [0, 0.05) is 12.6 Å². The second kappa shape index (κ2) is 3.75. The lowest BCUT2D eigenvalue weighted by atomic mass is 9.97. The van der Waals surface area contributed by atoms with Crippen LogP contribution in [0, 0.1) is 5.92 Å². The van der Waals surface area contributed by atoms with Crippen LogP contribution in [0.4, 0.5) is 0 Å². The van der Waals surface area contributed by atoms with Gasteiger partial charge in [-0.15, -0.1) is 0 Å². The van der Waals surface area contributed by atoms with Crippen LogP contribution in [-0.4, -0.2) is 24.8 Å². The minimum Gasteiger partial charge on any atom is -0.372 e. The smallest absolute Gasteiger partial charge is 0.0776 e. The molecular formula is C10H21NO. The van der Waals surface area contributed by atoms with Crippen LogP contribution in [0.2, 0.25) is 0 Å². The van der Waals surface area contributed by atoms with Gasteiger partial charge in [0.25, 0.3) is 0 Å². The van der Waals surface area contributed by atoms with Crippen LogP contribution in [0.25, 0.3) is 0 Å². The highest BCUT2D eigenvalue weighted by molar-refractivity contribution is 4.85. The summed E-state index contributed by atoms with van der Waals surface area (Å²) >= 11 is 0. The van der Waals surface area contributed by atoms with Gasteiger partial charge in [-0.1, -0.05) is 20.8 Å². The van der Waals surface area contributed by atoms with E-state index in [2.05, 4.69) is 33.0 Å². The first-order chi connectivity index (χ1) is 5.57. The lowest BCUT2D eigenvalue weighted by Crippen LogP contribution is -2.54. The first kappa shape index (κ1) is 10.0. The number of morpholine rings is 1. The standard InChI is InChI=1S/C10H21NO/c1-5-10(4)7-11-9(6-12-10)8(2)3/h8-9,11H,5-7H2,1-4H3. The van der Waals surface area contributed by atoms with E-state index in [0.717, 1.165) is 19.6 Å². The van der Waals surface area contributed by atoms with Crippen molar-refractivity contribution in [2.75, 3.05) is 13.2 Å². The minimum absolute atomic E-state index is 0.0748. The molecule has 1 rings (SSSR count). The van der Waals surface area contributed by atoms with E-state index in [1.54, 1.807) is 0 Å². The summed E-state index contributed by atoms with van der Waals surface area (Å²) in [6.45, 7) is 10.7. The quantitative estimate of drug-likeness (QED) is 0.684. The molecule has 2 unspecified atom stereocenters. The first-order valence-corrected chi connectivity index (χ1v) is 4.95. The molecule has 0 aromatic carbocycles. The summed E-state index contributed by atoms with van der Waals surface area (Å²) in [7, 11) is 0. The first-order valence-electron chi connectivity index (χ1n) is 4.95. The zero-order chi connectivity index (χ0) is 9.19. The summed E-state index contributed by atoms with van der Waals surface area (Å²) in [5.74, 6) is 0.673. The maximum Gasteiger partial charge on any atom is 0.0776 e. The van der Waals surface area contributed by atoms with Gasteiger partial charge in [-0.05, 0) is 19.3 Å². The van der Waals surface area contributed by atoms with Crippen molar-refractivity contribution in [3.8, 4) is 0 Å². The zero-order valence-electron chi connectivity index (χ0n) is 8.68. The number of hydrogen-bond acceptors (Lipinski definition) is 2. The second-order valence-corrected chi connectivity index (χ2v) is 4.35. The molecule has 1 aliphatic rings. The Morgan fingerprint density at radius 2 is 2.25 bits per heavy atom. The summed E-state index contributed by atoms with van der Waals surface area (Å²) < 4.78 is 5.83. The lowest BCUT2D eigenvalue weighted by molar-refractivity contribution is -0.0791. The van der Waals surface area contributed by atoms with Crippen molar-refractivity contribution in [3.05, 3.63) is 0 Å². The second-order valence-electron chi connectivity index (χ2n) is 4.35. The largest absolute Gasteiger partial charge is 0.372 e. The normalized spacial score (nSPS) is 37.2. The molecule has 0 radical (unpaired) electrons. The third-order valence-electron chi connectivity index (χ3n) is 2.90. The molecule has 0 aliphatic carbocycles. The van der Waals surface area contributed by atoms with E-state index in [-0.39, 0.29) is 5.60 Å². The third kappa shape index (κ3) is 2.20. The van der Waals surface area contributed by atoms with Crippen LogP contribution in [-0.2, 0) is 4.74 Å². The van der Waals surface area contributed by atoms with Crippen LogP contribution in [0.5, 0.6) is 0 Å². The van der Waals surface area contributed by atoms with Crippen LogP contribution in [0.1, 0.15) is 34.1 Å². The van der Waals surface area contributed by atoms with Crippen molar-refractivity contribution in [2.24, 2.45) is 5.92 Å². The molecule has 0 amide bonds. The Kier molecular flexibility index (Phi) is 3.13. The molecule has 2 atom stereocenters. The topological polar surface area (TPSA) is 21.3 Å². The maximum atomic E-state index is 5.83. The van der Waals surface area contributed by atoms with Gasteiger partial charge in [0.1, 0.15) is 0 Å². The Balaban J connectivity index is 2.39. The summed E-state index contributed by atoms with van der Waals surface area (Å²) in [4.78, 5) is 0. The Bertz CT molecular complexity index is 137. The van der Waals surface area contributed by atoms with E-state index in [1.165, 1.54) is 0 Å². The third-order valence-corrected chi connectivity index (χ3v) is 2.90. The Labute approximate surface area is 75.7 Å². The zero-order valence-corrected chi connectivity index (χ0v) is 8.68. The summed E-state index contributed by atoms with van der Waals surface area (Å²) in [5, 5.41) is 3.54. The highest BCUT2D eigenvalue weighted by Gasteiger charge is 2.30. The molecule has 0 aromatic rings. The van der Waals surface area contributed by atoms with E-state index in [0.29, 0.717) is 12.0 Å². The molecule has 1 fully saturated rings. The highest BCUT2D eigenvalue weighted by Crippen LogP contribution is 2.20. The molecule has 72 valence electrons. The van der Waals surface area contributed by atoms with Gasteiger partial charge >= 0.3 is 0 Å². The van der Waals surface area contributed by atoms with E-state index >= 15 is 0 Å². The molecule has 0 saturated carbocycles. The molecule has 1 saturated heterocycles. The van der Waals surface area contributed by atoms with Crippen molar-refractivity contribution in [1.82, 2.24) is 5.32 Å². The molecule has 1 heterocycles. The molecular weight excluding hydrogens is 150 g/mol. The Morgan fingerprint density at radius 1 is 1.58 bits per heavy atom. The highest BCUT2D eigenvalue weighted by atomic mass is 16.5. The number of hydrogen-bond donors (Lipinski definition) is 1.